The molecule has 1 heterocycles. The molecule has 0 atom stereocenters. The van der Waals surface area contributed by atoms with Crippen LogP contribution in [0.5, 0.6) is 0 Å². The van der Waals surface area contributed by atoms with Crippen LogP contribution in [0.1, 0.15) is 23.6 Å². The molecule has 25 heavy (non-hydrogen) atoms. The molecule has 1 aromatic heterocycles. The van der Waals surface area contributed by atoms with Crippen LogP contribution >= 0.6 is 0 Å². The summed E-state index contributed by atoms with van der Waals surface area (Å²) in [4.78, 5) is 22.9. The molecule has 3 aromatic rings. The fraction of sp³-hybridized carbons (Fsp3) is 0.211. The Morgan fingerprint density at radius 3 is 2.76 bits per heavy atom. The van der Waals surface area contributed by atoms with Crippen molar-refractivity contribution >= 4 is 28.3 Å². The van der Waals surface area contributed by atoms with Crippen LogP contribution in [0.2, 0.25) is 0 Å². The van der Waals surface area contributed by atoms with Gasteiger partial charge in [0.2, 0.25) is 5.91 Å². The topological polar surface area (TPSA) is 85.4 Å². The second kappa shape index (κ2) is 6.76. The van der Waals surface area contributed by atoms with E-state index in [1.165, 1.54) is 11.6 Å². The zero-order valence-electron chi connectivity index (χ0n) is 14.0. The number of rotatable bonds is 5. The summed E-state index contributed by atoms with van der Waals surface area (Å²) in [5.41, 5.74) is 3.65. The number of hydrogen-bond acceptors (Lipinski definition) is 4. The number of nitrogens with one attached hydrogen (secondary N) is 1. The normalized spacial score (nSPS) is 10.8. The number of fused-ring (bicyclic) bond motifs is 1. The highest BCUT2D eigenvalue weighted by Crippen LogP contribution is 2.25. The van der Waals surface area contributed by atoms with E-state index in [-0.39, 0.29) is 18.0 Å². The zero-order valence-corrected chi connectivity index (χ0v) is 14.0. The first-order valence-electron chi connectivity index (χ1n) is 8.02. The second-order valence-electron chi connectivity index (χ2n) is 5.93. The summed E-state index contributed by atoms with van der Waals surface area (Å²) in [6.45, 7) is 3.73. The lowest BCUT2D eigenvalue weighted by atomic mass is 10.1. The summed E-state index contributed by atoms with van der Waals surface area (Å²) >= 11 is 0. The number of aryl methyl sites for hydroxylation is 2. The van der Waals surface area contributed by atoms with Crippen molar-refractivity contribution in [3.8, 4) is 0 Å². The van der Waals surface area contributed by atoms with Crippen molar-refractivity contribution in [1.29, 1.82) is 0 Å². The van der Waals surface area contributed by atoms with Gasteiger partial charge in [-0.2, -0.15) is 0 Å². The largest absolute Gasteiger partial charge is 0.464 e. The maximum Gasteiger partial charge on any atom is 0.274 e. The average molecular weight is 338 g/mol. The molecule has 0 saturated heterocycles. The van der Waals surface area contributed by atoms with Gasteiger partial charge in [0.1, 0.15) is 5.58 Å². The van der Waals surface area contributed by atoms with Crippen molar-refractivity contribution in [2.24, 2.45) is 0 Å². The molecule has 1 amide bonds. The number of furan rings is 1. The zero-order chi connectivity index (χ0) is 18.0. The molecule has 0 aliphatic heterocycles. The average Bonchev–Trinajstić information content (AvgIpc) is 2.98. The van der Waals surface area contributed by atoms with Gasteiger partial charge in [-0.3, -0.25) is 14.9 Å². The Morgan fingerprint density at radius 2 is 2.04 bits per heavy atom. The van der Waals surface area contributed by atoms with E-state index in [0.29, 0.717) is 11.3 Å². The predicted molar refractivity (Wildman–Crippen MR) is 95.8 cm³/mol. The number of anilines is 1. The van der Waals surface area contributed by atoms with Gasteiger partial charge < -0.3 is 9.73 Å². The van der Waals surface area contributed by atoms with E-state index in [1.807, 2.05) is 18.2 Å². The molecule has 6 nitrogen and oxygen atoms in total. The number of amides is 1. The summed E-state index contributed by atoms with van der Waals surface area (Å²) in [5.74, 6) is -0.247. The molecule has 0 bridgehead atoms. The van der Waals surface area contributed by atoms with E-state index in [0.717, 1.165) is 23.0 Å². The van der Waals surface area contributed by atoms with E-state index < -0.39 is 4.92 Å². The van der Waals surface area contributed by atoms with E-state index in [9.17, 15) is 14.9 Å². The van der Waals surface area contributed by atoms with Crippen molar-refractivity contribution in [2.75, 3.05) is 5.32 Å². The Labute approximate surface area is 144 Å². The maximum atomic E-state index is 12.3. The molecular weight excluding hydrogens is 320 g/mol. The molecule has 0 aliphatic carbocycles. The lowest BCUT2D eigenvalue weighted by Gasteiger charge is -2.06. The highest BCUT2D eigenvalue weighted by molar-refractivity contribution is 5.95. The van der Waals surface area contributed by atoms with Gasteiger partial charge in [0.05, 0.1) is 17.6 Å². The minimum atomic E-state index is -0.457. The van der Waals surface area contributed by atoms with Crippen LogP contribution in [0.25, 0.3) is 11.0 Å². The van der Waals surface area contributed by atoms with Crippen LogP contribution < -0.4 is 5.32 Å². The van der Waals surface area contributed by atoms with Crippen molar-refractivity contribution in [3.05, 3.63) is 69.5 Å². The molecule has 0 unspecified atom stereocenters. The van der Waals surface area contributed by atoms with Crippen LogP contribution in [-0.4, -0.2) is 10.8 Å². The van der Waals surface area contributed by atoms with E-state index in [2.05, 4.69) is 12.2 Å². The number of carbonyl (C=O) groups excluding carboxylic acids is 1. The Kier molecular flexibility index (Phi) is 4.52. The maximum absolute atomic E-state index is 12.3. The fourth-order valence-electron chi connectivity index (χ4n) is 2.75. The SMILES string of the molecule is CCc1ccc2occ(CC(=O)Nc3ccc(C)c([N+](=O)[O-])c3)c2c1. The summed E-state index contributed by atoms with van der Waals surface area (Å²) in [6, 6.07) is 10.6. The lowest BCUT2D eigenvalue weighted by molar-refractivity contribution is -0.385. The highest BCUT2D eigenvalue weighted by Gasteiger charge is 2.14. The molecule has 0 saturated carbocycles. The van der Waals surface area contributed by atoms with Gasteiger partial charge in [0, 0.05) is 28.3 Å². The molecule has 0 fully saturated rings. The first-order valence-corrected chi connectivity index (χ1v) is 8.02. The third kappa shape index (κ3) is 3.52. The predicted octanol–water partition coefficient (Wildman–Crippen LogP) is 4.39. The number of nitro groups is 1. The third-order valence-electron chi connectivity index (χ3n) is 4.17. The molecule has 128 valence electrons. The van der Waals surface area contributed by atoms with Gasteiger partial charge in [-0.05, 0) is 37.1 Å². The third-order valence-corrected chi connectivity index (χ3v) is 4.17. The van der Waals surface area contributed by atoms with Crippen molar-refractivity contribution < 1.29 is 14.1 Å². The quantitative estimate of drug-likeness (QED) is 0.552. The Hall–Kier alpha value is -3.15. The Morgan fingerprint density at radius 1 is 1.24 bits per heavy atom. The Bertz CT molecular complexity index is 959. The number of hydrogen-bond donors (Lipinski definition) is 1. The van der Waals surface area contributed by atoms with Gasteiger partial charge in [-0.1, -0.05) is 19.1 Å². The van der Waals surface area contributed by atoms with Crippen LogP contribution in [0, 0.1) is 17.0 Å². The lowest BCUT2D eigenvalue weighted by Crippen LogP contribution is -2.14. The van der Waals surface area contributed by atoms with Gasteiger partial charge >= 0.3 is 0 Å². The molecule has 0 spiro atoms. The van der Waals surface area contributed by atoms with Crippen LogP contribution in [0.4, 0.5) is 11.4 Å². The van der Waals surface area contributed by atoms with Crippen molar-refractivity contribution in [3.63, 3.8) is 0 Å². The first-order chi connectivity index (χ1) is 12.0. The van der Waals surface area contributed by atoms with E-state index >= 15 is 0 Å². The number of nitrogens with zero attached hydrogens (tertiary/aromatic N) is 1. The van der Waals surface area contributed by atoms with Gasteiger partial charge in [-0.15, -0.1) is 0 Å². The summed E-state index contributed by atoms with van der Waals surface area (Å²) in [6.07, 6.45) is 2.63. The highest BCUT2D eigenvalue weighted by atomic mass is 16.6. The Balaban J connectivity index is 1.79. The summed E-state index contributed by atoms with van der Waals surface area (Å²) in [7, 11) is 0. The number of benzene rings is 2. The minimum Gasteiger partial charge on any atom is -0.464 e. The molecule has 6 heteroatoms. The van der Waals surface area contributed by atoms with Crippen LogP contribution in [0.15, 0.2) is 47.1 Å². The summed E-state index contributed by atoms with van der Waals surface area (Å²) < 4.78 is 5.50. The smallest absolute Gasteiger partial charge is 0.274 e. The second-order valence-corrected chi connectivity index (χ2v) is 5.93. The standard InChI is InChI=1S/C19H18N2O4/c1-3-13-5-7-18-16(8-13)14(11-25-18)9-19(22)20-15-6-4-12(2)17(10-15)21(23)24/h4-8,10-11H,3,9H2,1-2H3,(H,20,22). The molecule has 2 aromatic carbocycles. The molecule has 0 aliphatic rings. The van der Waals surface area contributed by atoms with Crippen molar-refractivity contribution in [1.82, 2.24) is 0 Å². The monoisotopic (exact) mass is 338 g/mol. The van der Waals surface area contributed by atoms with E-state index in [4.69, 9.17) is 4.42 Å². The molecule has 3 rings (SSSR count). The number of nitro benzene ring substituents is 1. The van der Waals surface area contributed by atoms with Gasteiger partial charge in [0.25, 0.3) is 5.69 Å². The minimum absolute atomic E-state index is 0.0147. The van der Waals surface area contributed by atoms with Gasteiger partial charge in [-0.25, -0.2) is 0 Å². The van der Waals surface area contributed by atoms with Crippen molar-refractivity contribution in [2.45, 2.75) is 26.7 Å². The van der Waals surface area contributed by atoms with E-state index in [1.54, 1.807) is 25.3 Å². The molecule has 1 N–H and O–H groups in total. The molecular formula is C19H18N2O4. The first kappa shape index (κ1) is 16.7. The van der Waals surface area contributed by atoms with Crippen LogP contribution in [-0.2, 0) is 17.6 Å². The van der Waals surface area contributed by atoms with Gasteiger partial charge in [0.15, 0.2) is 0 Å². The number of carbonyl (C=O) groups is 1. The molecule has 0 radical (unpaired) electrons. The fourth-order valence-corrected chi connectivity index (χ4v) is 2.75. The van der Waals surface area contributed by atoms with Crippen LogP contribution in [0.3, 0.4) is 0 Å². The summed E-state index contributed by atoms with van der Waals surface area (Å²) in [5, 5.41) is 14.6.